The Morgan fingerprint density at radius 1 is 1.00 bits per heavy atom. The molecule has 3 fully saturated rings. The van der Waals surface area contributed by atoms with Crippen LogP contribution in [0.2, 0.25) is 0 Å². The minimum absolute atomic E-state index is 0.0692. The summed E-state index contributed by atoms with van der Waals surface area (Å²) in [5.41, 5.74) is 2.79. The lowest BCUT2D eigenvalue weighted by Crippen LogP contribution is -2.57. The molecular weight excluding hydrogens is 400 g/mol. The smallest absolute Gasteiger partial charge is 0.255 e. The fourth-order valence-corrected chi connectivity index (χ4v) is 5.64. The third kappa shape index (κ3) is 4.39. The zero-order valence-electron chi connectivity index (χ0n) is 19.1. The van der Waals surface area contributed by atoms with Crippen molar-refractivity contribution >= 4 is 11.6 Å². The third-order valence-electron chi connectivity index (χ3n) is 7.62. The summed E-state index contributed by atoms with van der Waals surface area (Å²) in [6, 6.07) is 15.1. The molecular formula is C26H34N4O2. The number of carbonyl (C=O) groups excluding carboxylic acids is 1. The highest BCUT2D eigenvalue weighted by Gasteiger charge is 2.43. The summed E-state index contributed by atoms with van der Waals surface area (Å²) >= 11 is 0. The highest BCUT2D eigenvalue weighted by atomic mass is 16.5. The van der Waals surface area contributed by atoms with Crippen LogP contribution in [0.1, 0.15) is 41.7 Å². The largest absolute Gasteiger partial charge is 0.375 e. The monoisotopic (exact) mass is 434 g/mol. The average Bonchev–Trinajstić information content (AvgIpc) is 2.85. The quantitative estimate of drug-likeness (QED) is 0.741. The molecule has 0 bridgehead atoms. The van der Waals surface area contributed by atoms with Crippen LogP contribution < -0.4 is 4.90 Å². The first kappa shape index (κ1) is 21.4. The number of aromatic nitrogens is 1. The van der Waals surface area contributed by atoms with Gasteiger partial charge in [0.15, 0.2) is 0 Å². The lowest BCUT2D eigenvalue weighted by Gasteiger charge is -2.50. The highest BCUT2D eigenvalue weighted by Crippen LogP contribution is 2.37. The van der Waals surface area contributed by atoms with E-state index >= 15 is 0 Å². The number of nitrogens with zero attached hydrogens (tertiary/aromatic N) is 4. The minimum atomic E-state index is -0.0692. The number of ether oxygens (including phenoxy) is 1. The number of aryl methyl sites for hydroxylation is 1. The Morgan fingerprint density at radius 3 is 2.47 bits per heavy atom. The number of hydrogen-bond acceptors (Lipinski definition) is 5. The summed E-state index contributed by atoms with van der Waals surface area (Å²) < 4.78 is 6.39. The number of pyridine rings is 1. The number of piperazine rings is 1. The van der Waals surface area contributed by atoms with Gasteiger partial charge in [-0.1, -0.05) is 18.2 Å². The lowest BCUT2D eigenvalue weighted by molar-refractivity contribution is -0.130. The maximum absolute atomic E-state index is 13.0. The van der Waals surface area contributed by atoms with Gasteiger partial charge in [-0.3, -0.25) is 14.7 Å². The van der Waals surface area contributed by atoms with E-state index in [1.807, 2.05) is 24.0 Å². The Balaban J connectivity index is 1.16. The van der Waals surface area contributed by atoms with Gasteiger partial charge in [0.05, 0.1) is 11.2 Å². The van der Waals surface area contributed by atoms with Gasteiger partial charge in [0, 0.05) is 69.5 Å². The van der Waals surface area contributed by atoms with E-state index in [0.717, 1.165) is 82.8 Å². The van der Waals surface area contributed by atoms with Crippen molar-refractivity contribution in [1.29, 1.82) is 0 Å². The van der Waals surface area contributed by atoms with Crippen molar-refractivity contribution in [3.63, 3.8) is 0 Å². The Hall–Kier alpha value is -2.44. The zero-order chi connectivity index (χ0) is 22.0. The van der Waals surface area contributed by atoms with Crippen molar-refractivity contribution in [2.45, 2.75) is 44.2 Å². The summed E-state index contributed by atoms with van der Waals surface area (Å²) in [6.45, 7) is 8.66. The van der Waals surface area contributed by atoms with E-state index in [9.17, 15) is 4.79 Å². The molecule has 0 aliphatic carbocycles. The van der Waals surface area contributed by atoms with Crippen molar-refractivity contribution in [3.8, 4) is 0 Å². The van der Waals surface area contributed by atoms with Gasteiger partial charge >= 0.3 is 0 Å². The Morgan fingerprint density at radius 2 is 1.75 bits per heavy atom. The Kier molecular flexibility index (Phi) is 6.15. The number of likely N-dealkylation sites (tertiary alicyclic amines) is 1. The van der Waals surface area contributed by atoms with Gasteiger partial charge in [-0.05, 0) is 56.9 Å². The van der Waals surface area contributed by atoms with Crippen molar-refractivity contribution in [3.05, 3.63) is 59.9 Å². The van der Waals surface area contributed by atoms with Gasteiger partial charge in [0.25, 0.3) is 5.91 Å². The van der Waals surface area contributed by atoms with Crippen LogP contribution in [0.25, 0.3) is 0 Å². The summed E-state index contributed by atoms with van der Waals surface area (Å²) in [5.74, 6) is 0.106. The predicted molar refractivity (Wildman–Crippen MR) is 126 cm³/mol. The van der Waals surface area contributed by atoms with Crippen molar-refractivity contribution in [2.24, 2.45) is 0 Å². The summed E-state index contributed by atoms with van der Waals surface area (Å²) in [6.07, 6.45) is 5.81. The number of para-hydroxylation sites is 1. The molecule has 32 heavy (non-hydrogen) atoms. The van der Waals surface area contributed by atoms with Crippen LogP contribution in [-0.4, -0.2) is 78.2 Å². The second kappa shape index (κ2) is 9.20. The van der Waals surface area contributed by atoms with Crippen LogP contribution in [0.5, 0.6) is 0 Å². The van der Waals surface area contributed by atoms with E-state index in [1.165, 1.54) is 5.69 Å². The number of piperidine rings is 1. The van der Waals surface area contributed by atoms with E-state index in [1.54, 1.807) is 6.20 Å². The SMILES string of the molecule is Cc1ncccc1C(=O)N1CCC2(CC1)CC(N1CCN(c3ccccc3)CC1)CCO2. The summed E-state index contributed by atoms with van der Waals surface area (Å²) in [4.78, 5) is 24.4. The average molecular weight is 435 g/mol. The molecule has 0 N–H and O–H groups in total. The van der Waals surface area contributed by atoms with Gasteiger partial charge in [0.2, 0.25) is 0 Å². The first-order chi connectivity index (χ1) is 15.6. The van der Waals surface area contributed by atoms with E-state index < -0.39 is 0 Å². The molecule has 1 aromatic heterocycles. The summed E-state index contributed by atoms with van der Waals surface area (Å²) in [5, 5.41) is 0. The molecule has 5 rings (SSSR count). The highest BCUT2D eigenvalue weighted by molar-refractivity contribution is 5.95. The molecule has 1 unspecified atom stereocenters. The van der Waals surface area contributed by atoms with Crippen molar-refractivity contribution < 1.29 is 9.53 Å². The molecule has 1 spiro atoms. The molecule has 170 valence electrons. The second-order valence-electron chi connectivity index (χ2n) is 9.47. The zero-order valence-corrected chi connectivity index (χ0v) is 19.1. The molecule has 6 heteroatoms. The minimum Gasteiger partial charge on any atom is -0.375 e. The fraction of sp³-hybridized carbons (Fsp3) is 0.538. The van der Waals surface area contributed by atoms with Gasteiger partial charge < -0.3 is 14.5 Å². The molecule has 3 aliphatic heterocycles. The number of anilines is 1. The lowest BCUT2D eigenvalue weighted by atomic mass is 9.81. The number of hydrogen-bond donors (Lipinski definition) is 0. The third-order valence-corrected chi connectivity index (χ3v) is 7.62. The number of amides is 1. The molecule has 1 aromatic carbocycles. The molecule has 1 atom stereocenters. The van der Waals surface area contributed by atoms with Crippen LogP contribution in [-0.2, 0) is 4.74 Å². The number of carbonyl (C=O) groups is 1. The Bertz CT molecular complexity index is 918. The second-order valence-corrected chi connectivity index (χ2v) is 9.47. The van der Waals surface area contributed by atoms with Crippen LogP contribution in [0, 0.1) is 6.92 Å². The van der Waals surface area contributed by atoms with Crippen LogP contribution in [0.4, 0.5) is 5.69 Å². The first-order valence-electron chi connectivity index (χ1n) is 12.0. The molecule has 0 saturated carbocycles. The molecule has 3 saturated heterocycles. The molecule has 6 nitrogen and oxygen atoms in total. The fourth-order valence-electron chi connectivity index (χ4n) is 5.64. The van der Waals surface area contributed by atoms with Crippen molar-refractivity contribution in [2.75, 3.05) is 50.8 Å². The molecule has 1 amide bonds. The van der Waals surface area contributed by atoms with E-state index in [2.05, 4.69) is 45.1 Å². The maximum Gasteiger partial charge on any atom is 0.255 e. The number of benzene rings is 1. The Labute approximate surface area is 191 Å². The topological polar surface area (TPSA) is 48.9 Å². The van der Waals surface area contributed by atoms with Crippen LogP contribution >= 0.6 is 0 Å². The molecule has 3 aliphatic rings. The molecule has 0 radical (unpaired) electrons. The summed E-state index contributed by atoms with van der Waals surface area (Å²) in [7, 11) is 0. The van der Waals surface area contributed by atoms with Gasteiger partial charge in [-0.15, -0.1) is 0 Å². The maximum atomic E-state index is 13.0. The van der Waals surface area contributed by atoms with E-state index in [0.29, 0.717) is 6.04 Å². The van der Waals surface area contributed by atoms with E-state index in [-0.39, 0.29) is 11.5 Å². The standard InChI is InChI=1S/C26H34N4O2/c1-21-24(8-5-12-27-21)25(31)30-13-10-26(11-14-30)20-23(9-19-32-26)29-17-15-28(16-18-29)22-6-3-2-4-7-22/h2-8,12,23H,9-11,13-20H2,1H3. The normalized spacial score (nSPS) is 24.0. The van der Waals surface area contributed by atoms with Crippen LogP contribution in [0.3, 0.4) is 0 Å². The molecule has 2 aromatic rings. The molecule has 4 heterocycles. The van der Waals surface area contributed by atoms with Crippen LogP contribution in [0.15, 0.2) is 48.7 Å². The number of rotatable bonds is 3. The predicted octanol–water partition coefficient (Wildman–Crippen LogP) is 3.37. The van der Waals surface area contributed by atoms with Gasteiger partial charge in [-0.2, -0.15) is 0 Å². The van der Waals surface area contributed by atoms with E-state index in [4.69, 9.17) is 4.74 Å². The van der Waals surface area contributed by atoms with Gasteiger partial charge in [0.1, 0.15) is 0 Å². The van der Waals surface area contributed by atoms with Gasteiger partial charge in [-0.25, -0.2) is 0 Å². The van der Waals surface area contributed by atoms with Crippen molar-refractivity contribution in [1.82, 2.24) is 14.8 Å². The first-order valence-corrected chi connectivity index (χ1v) is 12.0.